The predicted octanol–water partition coefficient (Wildman–Crippen LogP) is 2.93. The zero-order valence-corrected chi connectivity index (χ0v) is 16.5. The number of nitrogens with zero attached hydrogens (tertiary/aromatic N) is 4. The van der Waals surface area contributed by atoms with Crippen LogP contribution in [0.15, 0.2) is 29.2 Å². The van der Waals surface area contributed by atoms with E-state index in [0.717, 1.165) is 37.0 Å². The van der Waals surface area contributed by atoms with Gasteiger partial charge < -0.3 is 14.9 Å². The van der Waals surface area contributed by atoms with E-state index in [0.29, 0.717) is 18.1 Å². The van der Waals surface area contributed by atoms with Crippen molar-refractivity contribution >= 4 is 22.8 Å². The van der Waals surface area contributed by atoms with Gasteiger partial charge in [0, 0.05) is 55.6 Å². The van der Waals surface area contributed by atoms with Gasteiger partial charge in [-0.1, -0.05) is 0 Å². The summed E-state index contributed by atoms with van der Waals surface area (Å²) >= 11 is 0. The van der Waals surface area contributed by atoms with Crippen LogP contribution in [0.4, 0.5) is 10.5 Å². The summed E-state index contributed by atoms with van der Waals surface area (Å²) < 4.78 is 1.57. The van der Waals surface area contributed by atoms with E-state index < -0.39 is 11.6 Å². The van der Waals surface area contributed by atoms with Crippen molar-refractivity contribution in [2.45, 2.75) is 39.2 Å². The molecule has 0 atom stereocenters. The lowest BCUT2D eigenvalue weighted by molar-refractivity contribution is 0.0852. The summed E-state index contributed by atoms with van der Waals surface area (Å²) in [6, 6.07) is 5.41. The number of anilines is 1. The minimum absolute atomic E-state index is 0.0678. The maximum atomic E-state index is 11.9. The molecule has 2 aromatic rings. The van der Waals surface area contributed by atoms with Gasteiger partial charge in [-0.15, -0.1) is 0 Å². The van der Waals surface area contributed by atoms with Crippen LogP contribution in [-0.2, 0) is 7.05 Å². The molecule has 0 unspecified atom stereocenters. The Morgan fingerprint density at radius 1 is 1.26 bits per heavy atom. The molecule has 27 heavy (non-hydrogen) atoms. The zero-order chi connectivity index (χ0) is 19.8. The van der Waals surface area contributed by atoms with E-state index in [4.69, 9.17) is 0 Å². The average molecular weight is 372 g/mol. The third kappa shape index (κ3) is 3.91. The van der Waals surface area contributed by atoms with Gasteiger partial charge in [-0.05, 0) is 51.7 Å². The van der Waals surface area contributed by atoms with Crippen LogP contribution in [0.5, 0.6) is 0 Å². The molecule has 1 fully saturated rings. The fourth-order valence-electron chi connectivity index (χ4n) is 3.78. The fourth-order valence-corrected chi connectivity index (χ4v) is 3.78. The van der Waals surface area contributed by atoms with Crippen LogP contribution in [0.1, 0.15) is 33.6 Å². The molecule has 3 rings (SSSR count). The second-order valence-corrected chi connectivity index (χ2v) is 8.29. The van der Waals surface area contributed by atoms with E-state index in [1.54, 1.807) is 28.8 Å². The minimum atomic E-state index is -0.856. The third-order valence-corrected chi connectivity index (χ3v) is 5.42. The maximum absolute atomic E-state index is 11.9. The average Bonchev–Trinajstić information content (AvgIpc) is 2.62. The van der Waals surface area contributed by atoms with Crippen molar-refractivity contribution in [1.82, 2.24) is 14.5 Å². The summed E-state index contributed by atoms with van der Waals surface area (Å²) in [5.74, 6) is 0.356. The largest absolute Gasteiger partial charge is 0.465 e. The summed E-state index contributed by atoms with van der Waals surface area (Å²) in [5.41, 5.74) is 1.31. The van der Waals surface area contributed by atoms with Crippen LogP contribution in [0.3, 0.4) is 0 Å². The second-order valence-electron chi connectivity index (χ2n) is 8.29. The van der Waals surface area contributed by atoms with Gasteiger partial charge in [0.1, 0.15) is 5.65 Å². The van der Waals surface area contributed by atoms with Gasteiger partial charge in [0.15, 0.2) is 0 Å². The zero-order valence-electron chi connectivity index (χ0n) is 16.5. The molecule has 0 spiro atoms. The predicted molar refractivity (Wildman–Crippen MR) is 106 cm³/mol. The highest BCUT2D eigenvalue weighted by atomic mass is 16.4. The van der Waals surface area contributed by atoms with Gasteiger partial charge in [0.05, 0.1) is 0 Å². The van der Waals surface area contributed by atoms with Crippen LogP contribution < -0.4 is 10.5 Å². The Kier molecular flexibility index (Phi) is 5.13. The molecule has 0 saturated carbocycles. The van der Waals surface area contributed by atoms with E-state index in [9.17, 15) is 14.7 Å². The van der Waals surface area contributed by atoms with Crippen molar-refractivity contribution in [3.63, 3.8) is 0 Å². The fraction of sp³-hybridized carbons (Fsp3) is 0.550. The van der Waals surface area contributed by atoms with Gasteiger partial charge in [-0.2, -0.15) is 0 Å². The minimum Gasteiger partial charge on any atom is -0.465 e. The summed E-state index contributed by atoms with van der Waals surface area (Å²) in [7, 11) is 1.74. The maximum Gasteiger partial charge on any atom is 0.407 e. The quantitative estimate of drug-likeness (QED) is 0.896. The number of hydrogen-bond donors (Lipinski definition) is 1. The lowest BCUT2D eigenvalue weighted by Crippen LogP contribution is -2.49. The number of aryl methyl sites for hydroxylation is 1. The Labute approximate surface area is 159 Å². The number of amides is 1. The van der Waals surface area contributed by atoms with Crippen molar-refractivity contribution < 1.29 is 9.90 Å². The lowest BCUT2D eigenvalue weighted by atomic mass is 9.93. The van der Waals surface area contributed by atoms with E-state index in [1.807, 2.05) is 32.9 Å². The molecule has 7 nitrogen and oxygen atoms in total. The Bertz CT molecular complexity index is 892. The first-order valence-electron chi connectivity index (χ1n) is 9.39. The number of carboxylic acid groups (broad SMARTS) is 1. The molecule has 0 aromatic carbocycles. The first kappa shape index (κ1) is 19.2. The van der Waals surface area contributed by atoms with Crippen molar-refractivity contribution in [3.05, 3.63) is 34.7 Å². The normalized spacial score (nSPS) is 15.9. The number of pyridine rings is 2. The molecule has 0 aliphatic carbocycles. The van der Waals surface area contributed by atoms with Gasteiger partial charge in [-0.25, -0.2) is 9.78 Å². The third-order valence-electron chi connectivity index (χ3n) is 5.42. The standard InChI is InChI=1S/C20H28N4O3/c1-20(2,3)24(19(26)27)13-14-8-11-23(12-9-14)16-7-10-21-18-15(16)5-6-17(25)22(18)4/h5-7,10,14H,8-9,11-13H2,1-4H3,(H,26,27). The summed E-state index contributed by atoms with van der Waals surface area (Å²) in [4.78, 5) is 31.7. The molecular formula is C20H28N4O3. The number of hydrogen-bond acceptors (Lipinski definition) is 4. The smallest absolute Gasteiger partial charge is 0.407 e. The Balaban J connectivity index is 1.75. The van der Waals surface area contributed by atoms with E-state index >= 15 is 0 Å². The molecule has 146 valence electrons. The van der Waals surface area contributed by atoms with Crippen molar-refractivity contribution in [3.8, 4) is 0 Å². The van der Waals surface area contributed by atoms with Gasteiger partial charge >= 0.3 is 6.09 Å². The van der Waals surface area contributed by atoms with E-state index in [1.165, 1.54) is 0 Å². The van der Waals surface area contributed by atoms with E-state index in [-0.39, 0.29) is 5.56 Å². The van der Waals surface area contributed by atoms with Gasteiger partial charge in [0.25, 0.3) is 5.56 Å². The Morgan fingerprint density at radius 3 is 2.52 bits per heavy atom. The molecule has 1 N–H and O–H groups in total. The number of carbonyl (C=O) groups is 1. The van der Waals surface area contributed by atoms with Gasteiger partial charge in [-0.3, -0.25) is 9.36 Å². The lowest BCUT2D eigenvalue weighted by Gasteiger charge is -2.39. The Hall–Kier alpha value is -2.57. The molecule has 1 amide bonds. The number of aromatic nitrogens is 2. The van der Waals surface area contributed by atoms with E-state index in [2.05, 4.69) is 9.88 Å². The van der Waals surface area contributed by atoms with Crippen LogP contribution in [-0.4, -0.2) is 50.8 Å². The molecule has 3 heterocycles. The summed E-state index contributed by atoms with van der Waals surface area (Å²) in [5, 5.41) is 10.5. The van der Waals surface area contributed by atoms with Crippen molar-refractivity contribution in [2.75, 3.05) is 24.5 Å². The summed E-state index contributed by atoms with van der Waals surface area (Å²) in [6.45, 7) is 8.10. The SMILES string of the molecule is Cn1c(=O)ccc2c(N3CCC(CN(C(=O)O)C(C)(C)C)CC3)ccnc21. The van der Waals surface area contributed by atoms with Gasteiger partial charge in [0.2, 0.25) is 0 Å². The first-order valence-corrected chi connectivity index (χ1v) is 9.39. The first-order chi connectivity index (χ1) is 12.7. The van der Waals surface area contributed by atoms with Crippen LogP contribution in [0, 0.1) is 5.92 Å². The number of rotatable bonds is 3. The van der Waals surface area contributed by atoms with Crippen LogP contribution in [0.2, 0.25) is 0 Å². The van der Waals surface area contributed by atoms with Crippen molar-refractivity contribution in [1.29, 1.82) is 0 Å². The molecule has 1 saturated heterocycles. The second kappa shape index (κ2) is 7.21. The molecule has 1 aliphatic heterocycles. The molecule has 0 radical (unpaired) electrons. The molecule has 7 heteroatoms. The van der Waals surface area contributed by atoms with Crippen LogP contribution >= 0.6 is 0 Å². The topological polar surface area (TPSA) is 78.7 Å². The molecule has 1 aliphatic rings. The molecule has 0 bridgehead atoms. The Morgan fingerprint density at radius 2 is 1.93 bits per heavy atom. The number of piperidine rings is 1. The highest BCUT2D eigenvalue weighted by Gasteiger charge is 2.30. The molecule has 2 aromatic heterocycles. The summed E-state index contributed by atoms with van der Waals surface area (Å²) in [6.07, 6.45) is 2.77. The highest BCUT2D eigenvalue weighted by molar-refractivity contribution is 5.89. The van der Waals surface area contributed by atoms with Crippen molar-refractivity contribution in [2.24, 2.45) is 13.0 Å². The number of fused-ring (bicyclic) bond motifs is 1. The van der Waals surface area contributed by atoms with Crippen LogP contribution in [0.25, 0.3) is 11.0 Å². The monoisotopic (exact) mass is 372 g/mol. The molecular weight excluding hydrogens is 344 g/mol. The highest BCUT2D eigenvalue weighted by Crippen LogP contribution is 2.29.